The fourth-order valence-electron chi connectivity index (χ4n) is 3.59. The molecule has 3 aromatic rings. The Morgan fingerprint density at radius 2 is 1.88 bits per heavy atom. The van der Waals surface area contributed by atoms with Gasteiger partial charge in [-0.05, 0) is 47.7 Å². The van der Waals surface area contributed by atoms with Crippen molar-refractivity contribution in [2.75, 3.05) is 26.2 Å². The van der Waals surface area contributed by atoms with E-state index < -0.39 is 0 Å². The normalized spacial score (nSPS) is 16.2. The number of hydrogen-bond donors (Lipinski definition) is 1. The molecule has 2 aromatic carbocycles. The molecule has 0 aliphatic carbocycles. The molecule has 1 aliphatic rings. The zero-order chi connectivity index (χ0) is 16.2. The van der Waals surface area contributed by atoms with Gasteiger partial charge < -0.3 is 5.32 Å². The van der Waals surface area contributed by atoms with Gasteiger partial charge in [0.15, 0.2) is 0 Å². The van der Waals surface area contributed by atoms with E-state index in [2.05, 4.69) is 63.7 Å². The van der Waals surface area contributed by atoms with E-state index in [-0.39, 0.29) is 0 Å². The summed E-state index contributed by atoms with van der Waals surface area (Å²) in [6.07, 6.45) is 5.08. The first kappa shape index (κ1) is 15.3. The first-order valence-electron chi connectivity index (χ1n) is 8.76. The summed E-state index contributed by atoms with van der Waals surface area (Å²) in [6, 6.07) is 17.4. The summed E-state index contributed by atoms with van der Waals surface area (Å²) in [7, 11) is 0. The fourth-order valence-corrected chi connectivity index (χ4v) is 3.59. The van der Waals surface area contributed by atoms with Crippen molar-refractivity contribution < 1.29 is 0 Å². The fraction of sp³-hybridized carbons (Fsp3) is 0.286. The van der Waals surface area contributed by atoms with Crippen molar-refractivity contribution in [1.82, 2.24) is 15.2 Å². The third-order valence-electron chi connectivity index (χ3n) is 4.80. The lowest BCUT2D eigenvalue weighted by Gasteiger charge is -2.22. The van der Waals surface area contributed by atoms with Gasteiger partial charge in [0, 0.05) is 37.4 Å². The number of benzene rings is 2. The maximum atomic E-state index is 4.29. The molecule has 1 aliphatic heterocycles. The predicted octanol–water partition coefficient (Wildman–Crippen LogP) is 3.70. The molecule has 122 valence electrons. The van der Waals surface area contributed by atoms with Crippen molar-refractivity contribution in [3.05, 3.63) is 66.5 Å². The molecule has 0 spiro atoms. The van der Waals surface area contributed by atoms with E-state index in [1.165, 1.54) is 33.9 Å². The van der Waals surface area contributed by atoms with E-state index in [0.717, 1.165) is 32.7 Å². The molecule has 0 atom stereocenters. The molecule has 0 amide bonds. The van der Waals surface area contributed by atoms with Crippen LogP contribution in [0.2, 0.25) is 0 Å². The van der Waals surface area contributed by atoms with E-state index in [0.29, 0.717) is 0 Å². The highest BCUT2D eigenvalue weighted by Crippen LogP contribution is 2.32. The summed E-state index contributed by atoms with van der Waals surface area (Å²) in [5, 5.41) is 5.99. The van der Waals surface area contributed by atoms with Crippen molar-refractivity contribution in [2.45, 2.75) is 13.0 Å². The van der Waals surface area contributed by atoms with Gasteiger partial charge in [-0.1, -0.05) is 42.5 Å². The van der Waals surface area contributed by atoms with Crippen LogP contribution < -0.4 is 5.32 Å². The van der Waals surface area contributed by atoms with Crippen molar-refractivity contribution in [1.29, 1.82) is 0 Å². The second kappa shape index (κ2) is 7.12. The van der Waals surface area contributed by atoms with Gasteiger partial charge in [0.25, 0.3) is 0 Å². The number of rotatable bonds is 3. The van der Waals surface area contributed by atoms with Crippen molar-refractivity contribution >= 4 is 10.8 Å². The van der Waals surface area contributed by atoms with Gasteiger partial charge in [0.1, 0.15) is 0 Å². The minimum atomic E-state index is 1.00. The predicted molar refractivity (Wildman–Crippen MR) is 99.9 cm³/mol. The van der Waals surface area contributed by atoms with Crippen LogP contribution in [-0.4, -0.2) is 36.1 Å². The maximum Gasteiger partial charge on any atom is 0.0346 e. The van der Waals surface area contributed by atoms with Crippen molar-refractivity contribution in [2.24, 2.45) is 0 Å². The van der Waals surface area contributed by atoms with Crippen LogP contribution in [0.1, 0.15) is 12.0 Å². The van der Waals surface area contributed by atoms with Gasteiger partial charge in [-0.15, -0.1) is 0 Å². The molecular formula is C21H23N3. The van der Waals surface area contributed by atoms with Gasteiger partial charge in [-0.25, -0.2) is 0 Å². The molecular weight excluding hydrogens is 294 g/mol. The Balaban J connectivity index is 1.79. The molecule has 24 heavy (non-hydrogen) atoms. The van der Waals surface area contributed by atoms with Crippen LogP contribution in [0.15, 0.2) is 60.9 Å². The van der Waals surface area contributed by atoms with Crippen LogP contribution >= 0.6 is 0 Å². The lowest BCUT2D eigenvalue weighted by Crippen LogP contribution is -2.27. The Morgan fingerprint density at radius 3 is 2.79 bits per heavy atom. The molecule has 3 nitrogen and oxygen atoms in total. The Kier molecular flexibility index (Phi) is 4.54. The van der Waals surface area contributed by atoms with Crippen LogP contribution in [0.5, 0.6) is 0 Å². The molecule has 1 N–H and O–H groups in total. The Hall–Kier alpha value is -2.23. The third kappa shape index (κ3) is 3.18. The van der Waals surface area contributed by atoms with Gasteiger partial charge in [-0.3, -0.25) is 9.88 Å². The third-order valence-corrected chi connectivity index (χ3v) is 4.80. The Labute approximate surface area is 143 Å². The highest BCUT2D eigenvalue weighted by Gasteiger charge is 2.14. The second-order valence-electron chi connectivity index (χ2n) is 6.44. The number of fused-ring (bicyclic) bond motifs is 1. The zero-order valence-electron chi connectivity index (χ0n) is 13.9. The number of pyridine rings is 1. The summed E-state index contributed by atoms with van der Waals surface area (Å²) in [4.78, 5) is 6.85. The molecule has 0 saturated carbocycles. The van der Waals surface area contributed by atoms with Gasteiger partial charge >= 0.3 is 0 Å². The molecule has 0 bridgehead atoms. The minimum absolute atomic E-state index is 1.00. The van der Waals surface area contributed by atoms with Gasteiger partial charge in [-0.2, -0.15) is 0 Å². The summed E-state index contributed by atoms with van der Waals surface area (Å²) in [6.45, 7) is 5.49. The maximum absolute atomic E-state index is 4.29. The standard InChI is InChI=1S/C21H23N3/c1-2-5-17(6-3-1)21-19(16-24-13-4-10-22-12-14-24)8-7-18-15-23-11-9-20(18)21/h1-3,5-9,11,15,22H,4,10,12-14,16H2. The smallest absolute Gasteiger partial charge is 0.0346 e. The monoisotopic (exact) mass is 317 g/mol. The molecule has 4 rings (SSSR count). The summed E-state index contributed by atoms with van der Waals surface area (Å²) < 4.78 is 0. The van der Waals surface area contributed by atoms with Crippen LogP contribution in [0.3, 0.4) is 0 Å². The largest absolute Gasteiger partial charge is 0.315 e. The number of hydrogen-bond acceptors (Lipinski definition) is 3. The summed E-state index contributed by atoms with van der Waals surface area (Å²) >= 11 is 0. The van der Waals surface area contributed by atoms with Crippen LogP contribution in [-0.2, 0) is 6.54 Å². The highest BCUT2D eigenvalue weighted by molar-refractivity contribution is 5.97. The van der Waals surface area contributed by atoms with Crippen molar-refractivity contribution in [3.8, 4) is 11.1 Å². The average Bonchev–Trinajstić information content (AvgIpc) is 2.91. The van der Waals surface area contributed by atoms with E-state index in [4.69, 9.17) is 0 Å². The Morgan fingerprint density at radius 1 is 0.958 bits per heavy atom. The zero-order valence-corrected chi connectivity index (χ0v) is 13.9. The van der Waals surface area contributed by atoms with Crippen molar-refractivity contribution in [3.63, 3.8) is 0 Å². The lowest BCUT2D eigenvalue weighted by molar-refractivity contribution is 0.285. The molecule has 3 heteroatoms. The van der Waals surface area contributed by atoms with E-state index >= 15 is 0 Å². The minimum Gasteiger partial charge on any atom is -0.315 e. The van der Waals surface area contributed by atoms with E-state index in [1.54, 1.807) is 0 Å². The average molecular weight is 317 g/mol. The summed E-state index contributed by atoms with van der Waals surface area (Å²) in [5.41, 5.74) is 4.05. The molecule has 0 unspecified atom stereocenters. The Bertz CT molecular complexity index is 806. The topological polar surface area (TPSA) is 28.2 Å². The molecule has 2 heterocycles. The van der Waals surface area contributed by atoms with Crippen LogP contribution in [0.25, 0.3) is 21.9 Å². The van der Waals surface area contributed by atoms with Gasteiger partial charge in [0.2, 0.25) is 0 Å². The van der Waals surface area contributed by atoms with Gasteiger partial charge in [0.05, 0.1) is 0 Å². The lowest BCUT2D eigenvalue weighted by atomic mass is 9.94. The molecule has 0 radical (unpaired) electrons. The number of nitrogens with zero attached hydrogens (tertiary/aromatic N) is 2. The first-order valence-corrected chi connectivity index (χ1v) is 8.76. The van der Waals surface area contributed by atoms with Crippen LogP contribution in [0.4, 0.5) is 0 Å². The second-order valence-corrected chi connectivity index (χ2v) is 6.44. The molecule has 1 fully saturated rings. The van der Waals surface area contributed by atoms with Crippen LogP contribution in [0, 0.1) is 0 Å². The van der Waals surface area contributed by atoms with E-state index in [1.807, 2.05) is 12.4 Å². The summed E-state index contributed by atoms with van der Waals surface area (Å²) in [5.74, 6) is 0. The quantitative estimate of drug-likeness (QED) is 0.798. The SMILES string of the molecule is c1ccc(-c2c(CN3CCCNCC3)ccc3cnccc23)cc1. The number of aromatic nitrogens is 1. The molecule has 1 aromatic heterocycles. The molecule has 1 saturated heterocycles. The highest BCUT2D eigenvalue weighted by atomic mass is 15.1. The van der Waals surface area contributed by atoms with E-state index in [9.17, 15) is 0 Å². The first-order chi connectivity index (χ1) is 11.9. The number of nitrogens with one attached hydrogen (secondary N) is 1.